The average Bonchev–Trinajstić information content (AvgIpc) is 3.32. The zero-order valence-electron chi connectivity index (χ0n) is 43.5. The van der Waals surface area contributed by atoms with E-state index in [9.17, 15) is 43.3 Å². The summed E-state index contributed by atoms with van der Waals surface area (Å²) >= 11 is 0. The number of hydrogen-bond donors (Lipinski definition) is 7. The number of nitrogens with one attached hydrogen (secondary N) is 1. The van der Waals surface area contributed by atoms with Crippen molar-refractivity contribution in [3.8, 4) is 0 Å². The lowest BCUT2D eigenvalue weighted by Gasteiger charge is -2.41. The second-order valence-corrected chi connectivity index (χ2v) is 20.7. The highest BCUT2D eigenvalue weighted by Gasteiger charge is 2.48. The number of allylic oxidation sites excluding steroid dienone is 5. The van der Waals surface area contributed by atoms with Crippen LogP contribution in [0.15, 0.2) is 36.5 Å². The molecule has 406 valence electrons. The number of aliphatic hydroxyl groups is 5. The minimum atomic E-state index is -5.13. The van der Waals surface area contributed by atoms with Crippen LogP contribution in [-0.4, -0.2) is 107 Å². The number of amides is 1. The number of ether oxygens (including phenoxy) is 2. The van der Waals surface area contributed by atoms with Gasteiger partial charge in [-0.25, -0.2) is 4.18 Å². The summed E-state index contributed by atoms with van der Waals surface area (Å²) in [6, 6.07) is -1.14. The van der Waals surface area contributed by atoms with Crippen LogP contribution in [0.25, 0.3) is 0 Å². The predicted octanol–water partition coefficient (Wildman–Crippen LogP) is 11.6. The quantitative estimate of drug-likeness (QED) is 0.0172. The Morgan fingerprint density at radius 1 is 0.580 bits per heavy atom. The Labute approximate surface area is 420 Å². The van der Waals surface area contributed by atoms with Crippen molar-refractivity contribution in [3.05, 3.63) is 36.5 Å². The first-order valence-electron chi connectivity index (χ1n) is 28.0. The Morgan fingerprint density at radius 3 is 1.39 bits per heavy atom. The van der Waals surface area contributed by atoms with Crippen LogP contribution in [0.1, 0.15) is 245 Å². The van der Waals surface area contributed by atoms with E-state index in [4.69, 9.17) is 9.47 Å². The number of unbranched alkanes of at least 4 members (excludes halogenated alkanes) is 31. The van der Waals surface area contributed by atoms with Crippen molar-refractivity contribution < 1.29 is 57.0 Å². The summed E-state index contributed by atoms with van der Waals surface area (Å²) in [5.41, 5.74) is 0. The molecule has 0 saturated carbocycles. The van der Waals surface area contributed by atoms with E-state index in [1.807, 2.05) is 0 Å². The Morgan fingerprint density at radius 2 is 0.971 bits per heavy atom. The molecule has 1 aliphatic heterocycles. The van der Waals surface area contributed by atoms with Gasteiger partial charge in [0.2, 0.25) is 5.91 Å². The molecule has 1 rings (SSSR count). The summed E-state index contributed by atoms with van der Waals surface area (Å²) in [4.78, 5) is 13.2. The standard InChI is InChI=1S/C55H103NO12S/c1-3-5-7-9-11-13-15-17-19-21-23-24-26-27-29-31-33-35-37-39-41-43-48(58)47(46-66-55-52(61)53(68-69(63,64)65)51(60)50(45-57)67-55)56-54(62)49(59)44-42-40-38-36-34-32-30-28-25-22-20-18-16-14-12-10-8-6-4-2/h26-27,33,35,41,43,47-53,55,57-61H,3-25,28-32,34,36-40,42,44-46H2,1-2H3,(H,56,62)(H,63,64,65)/b27-26+,35-33+,43-41+. The van der Waals surface area contributed by atoms with E-state index in [1.54, 1.807) is 6.08 Å². The van der Waals surface area contributed by atoms with Gasteiger partial charge in [0, 0.05) is 0 Å². The van der Waals surface area contributed by atoms with Crippen LogP contribution in [-0.2, 0) is 28.9 Å². The topological polar surface area (TPSA) is 212 Å². The Bertz CT molecular complexity index is 1380. The van der Waals surface area contributed by atoms with Crippen LogP contribution < -0.4 is 5.32 Å². The zero-order chi connectivity index (χ0) is 50.6. The van der Waals surface area contributed by atoms with Gasteiger partial charge < -0.3 is 40.3 Å². The van der Waals surface area contributed by atoms with Gasteiger partial charge in [0.25, 0.3) is 0 Å². The highest BCUT2D eigenvalue weighted by atomic mass is 32.3. The fourth-order valence-electron chi connectivity index (χ4n) is 8.85. The van der Waals surface area contributed by atoms with E-state index in [-0.39, 0.29) is 6.42 Å². The molecule has 0 spiro atoms. The Kier molecular flexibility index (Phi) is 42.5. The van der Waals surface area contributed by atoms with Gasteiger partial charge >= 0.3 is 10.4 Å². The average molecular weight is 1000 g/mol. The lowest BCUT2D eigenvalue weighted by molar-refractivity contribution is -0.298. The van der Waals surface area contributed by atoms with Crippen molar-refractivity contribution in [1.29, 1.82) is 0 Å². The maximum absolute atomic E-state index is 13.2. The van der Waals surface area contributed by atoms with E-state index >= 15 is 0 Å². The van der Waals surface area contributed by atoms with Gasteiger partial charge in [0.1, 0.15) is 30.5 Å². The lowest BCUT2D eigenvalue weighted by Crippen LogP contribution is -2.61. The van der Waals surface area contributed by atoms with Crippen LogP contribution in [0.4, 0.5) is 0 Å². The maximum atomic E-state index is 13.2. The molecule has 1 saturated heterocycles. The largest absolute Gasteiger partial charge is 0.397 e. The van der Waals surface area contributed by atoms with E-state index in [0.717, 1.165) is 44.9 Å². The van der Waals surface area contributed by atoms with Crippen molar-refractivity contribution in [2.75, 3.05) is 13.2 Å². The number of carbonyl (C=O) groups is 1. The molecule has 14 heteroatoms. The first kappa shape index (κ1) is 65.3. The van der Waals surface area contributed by atoms with Crippen molar-refractivity contribution in [2.24, 2.45) is 0 Å². The highest BCUT2D eigenvalue weighted by molar-refractivity contribution is 7.80. The molecule has 0 aliphatic carbocycles. The normalized spacial score (nSPS) is 20.4. The van der Waals surface area contributed by atoms with Crippen LogP contribution in [0.2, 0.25) is 0 Å². The molecule has 0 aromatic heterocycles. The first-order chi connectivity index (χ1) is 33.4. The molecule has 0 radical (unpaired) electrons. The molecule has 8 atom stereocenters. The molecular weight excluding hydrogens is 899 g/mol. The Balaban J connectivity index is 2.50. The first-order valence-corrected chi connectivity index (χ1v) is 29.3. The number of carbonyl (C=O) groups excluding carboxylic acids is 1. The van der Waals surface area contributed by atoms with Crippen LogP contribution in [0, 0.1) is 0 Å². The van der Waals surface area contributed by atoms with Crippen LogP contribution in [0.3, 0.4) is 0 Å². The van der Waals surface area contributed by atoms with Crippen molar-refractivity contribution in [3.63, 3.8) is 0 Å². The highest BCUT2D eigenvalue weighted by Crippen LogP contribution is 2.26. The third-order valence-electron chi connectivity index (χ3n) is 13.3. The van der Waals surface area contributed by atoms with Gasteiger partial charge in [-0.1, -0.05) is 237 Å². The smallest absolute Gasteiger partial charge is 0.394 e. The number of aliphatic hydroxyl groups excluding tert-OH is 5. The summed E-state index contributed by atoms with van der Waals surface area (Å²) in [5, 5.41) is 55.5. The van der Waals surface area contributed by atoms with Crippen molar-refractivity contribution in [1.82, 2.24) is 5.32 Å². The molecule has 1 fully saturated rings. The summed E-state index contributed by atoms with van der Waals surface area (Å²) < 4.78 is 47.7. The van der Waals surface area contributed by atoms with E-state index in [0.29, 0.717) is 12.8 Å². The molecule has 13 nitrogen and oxygen atoms in total. The predicted molar refractivity (Wildman–Crippen MR) is 279 cm³/mol. The SMILES string of the molecule is CCCCCCCCCCCCC/C=C/CC/C=C/CC/C=C/C(O)C(COC1OC(CO)C(O)C(OS(=O)(=O)O)C1O)NC(=O)C(O)CCCCCCCCCCCCCCCCCCCCC. The zero-order valence-corrected chi connectivity index (χ0v) is 44.3. The monoisotopic (exact) mass is 1000 g/mol. The second kappa shape index (κ2) is 44.9. The molecule has 7 N–H and O–H groups in total. The number of rotatable bonds is 48. The van der Waals surface area contributed by atoms with Crippen LogP contribution in [0.5, 0.6) is 0 Å². The van der Waals surface area contributed by atoms with Gasteiger partial charge in [-0.3, -0.25) is 9.35 Å². The third-order valence-corrected chi connectivity index (χ3v) is 13.7. The lowest BCUT2D eigenvalue weighted by atomic mass is 9.99. The molecule has 1 amide bonds. The molecule has 69 heavy (non-hydrogen) atoms. The van der Waals surface area contributed by atoms with Gasteiger partial charge in [-0.05, 0) is 44.9 Å². The maximum Gasteiger partial charge on any atom is 0.397 e. The molecule has 1 heterocycles. The minimum absolute atomic E-state index is 0.237. The number of hydrogen-bond acceptors (Lipinski definition) is 11. The molecule has 8 unspecified atom stereocenters. The van der Waals surface area contributed by atoms with E-state index in [2.05, 4.69) is 47.7 Å². The van der Waals surface area contributed by atoms with Crippen molar-refractivity contribution >= 4 is 16.3 Å². The van der Waals surface area contributed by atoms with Gasteiger partial charge in [-0.15, -0.1) is 0 Å². The molecule has 0 bridgehead atoms. The Hall–Kier alpha value is -1.72. The second-order valence-electron chi connectivity index (χ2n) is 19.7. The molecule has 1 aliphatic rings. The third kappa shape index (κ3) is 36.8. The summed E-state index contributed by atoms with van der Waals surface area (Å²) in [5.74, 6) is -0.712. The summed E-state index contributed by atoms with van der Waals surface area (Å²) in [7, 11) is -5.13. The van der Waals surface area contributed by atoms with Gasteiger partial charge in [-0.2, -0.15) is 8.42 Å². The van der Waals surface area contributed by atoms with Gasteiger partial charge in [0.15, 0.2) is 6.29 Å². The van der Waals surface area contributed by atoms with Crippen molar-refractivity contribution in [2.45, 2.75) is 294 Å². The molecule has 0 aromatic carbocycles. The molecule has 0 aromatic rings. The fourth-order valence-corrected chi connectivity index (χ4v) is 9.36. The summed E-state index contributed by atoms with van der Waals surface area (Å²) in [6.07, 6.45) is 43.7. The van der Waals surface area contributed by atoms with Gasteiger partial charge in [0.05, 0.1) is 25.4 Å². The van der Waals surface area contributed by atoms with E-state index in [1.165, 1.54) is 173 Å². The minimum Gasteiger partial charge on any atom is -0.394 e. The van der Waals surface area contributed by atoms with E-state index < -0.39 is 78.5 Å². The van der Waals surface area contributed by atoms with Crippen LogP contribution >= 0.6 is 0 Å². The fraction of sp³-hybridized carbons (Fsp3) is 0.873. The molecular formula is C55H103NO12S. The summed E-state index contributed by atoms with van der Waals surface area (Å²) in [6.45, 7) is 3.24.